The Morgan fingerprint density at radius 3 is 2.33 bits per heavy atom. The first-order chi connectivity index (χ1) is 5.52. The van der Waals surface area contributed by atoms with Crippen LogP contribution in [0.15, 0.2) is 0 Å². The summed E-state index contributed by atoms with van der Waals surface area (Å²) in [6.07, 6.45) is -0.0154. The normalized spacial score (nSPS) is 10.8. The van der Waals surface area contributed by atoms with Crippen molar-refractivity contribution in [3.63, 3.8) is 0 Å². The summed E-state index contributed by atoms with van der Waals surface area (Å²) in [7, 11) is 0. The van der Waals surface area contributed by atoms with E-state index in [4.69, 9.17) is 4.74 Å². The predicted octanol–water partition coefficient (Wildman–Crippen LogP) is 1.18. The Morgan fingerprint density at radius 1 is 1.33 bits per heavy atom. The van der Waals surface area contributed by atoms with E-state index in [-0.39, 0.29) is 12.1 Å². The molecule has 0 atom stereocenters. The van der Waals surface area contributed by atoms with Gasteiger partial charge in [-0.15, -0.1) is 0 Å². The van der Waals surface area contributed by atoms with Crippen molar-refractivity contribution in [2.75, 3.05) is 13.1 Å². The van der Waals surface area contributed by atoms with Crippen LogP contribution in [0.5, 0.6) is 0 Å². The Morgan fingerprint density at radius 2 is 1.92 bits per heavy atom. The lowest BCUT2D eigenvalue weighted by Gasteiger charge is -2.09. The Kier molecular flexibility index (Phi) is 5.72. The molecule has 0 spiro atoms. The highest BCUT2D eigenvalue weighted by Crippen LogP contribution is 1.89. The van der Waals surface area contributed by atoms with E-state index in [1.165, 1.54) is 0 Å². The van der Waals surface area contributed by atoms with E-state index >= 15 is 0 Å². The molecule has 3 nitrogen and oxygen atoms in total. The summed E-state index contributed by atoms with van der Waals surface area (Å²) in [4.78, 5) is 11.0. The van der Waals surface area contributed by atoms with E-state index in [2.05, 4.69) is 19.2 Å². The number of hydrogen-bond donors (Lipinski definition) is 1. The van der Waals surface area contributed by atoms with Crippen molar-refractivity contribution in [2.45, 2.75) is 33.8 Å². The van der Waals surface area contributed by atoms with Crippen LogP contribution in [0, 0.1) is 5.92 Å². The van der Waals surface area contributed by atoms with Crippen LogP contribution < -0.4 is 5.32 Å². The minimum Gasteiger partial charge on any atom is -0.462 e. The van der Waals surface area contributed by atoms with E-state index in [0.717, 1.165) is 6.54 Å². The molecular formula is C9H19NO2. The molecule has 3 heteroatoms. The Bertz CT molecular complexity index is 132. The maximum absolute atomic E-state index is 11.0. The topological polar surface area (TPSA) is 38.3 Å². The molecular weight excluding hydrogens is 154 g/mol. The van der Waals surface area contributed by atoms with Crippen molar-refractivity contribution < 1.29 is 9.53 Å². The van der Waals surface area contributed by atoms with Gasteiger partial charge < -0.3 is 10.1 Å². The highest BCUT2D eigenvalue weighted by atomic mass is 16.5. The highest BCUT2D eigenvalue weighted by molar-refractivity contribution is 5.71. The van der Waals surface area contributed by atoms with Gasteiger partial charge >= 0.3 is 5.97 Å². The quantitative estimate of drug-likeness (QED) is 0.634. The minimum atomic E-state index is -0.175. The van der Waals surface area contributed by atoms with E-state index in [1.807, 2.05) is 13.8 Å². The summed E-state index contributed by atoms with van der Waals surface area (Å²) in [6.45, 7) is 9.06. The van der Waals surface area contributed by atoms with Gasteiger partial charge in [-0.3, -0.25) is 4.79 Å². The Labute approximate surface area is 74.5 Å². The van der Waals surface area contributed by atoms with Gasteiger partial charge in [0.05, 0.1) is 12.6 Å². The van der Waals surface area contributed by atoms with Crippen molar-refractivity contribution >= 4 is 5.97 Å². The zero-order valence-corrected chi connectivity index (χ0v) is 8.39. The molecule has 0 aromatic rings. The van der Waals surface area contributed by atoms with E-state index < -0.39 is 0 Å². The van der Waals surface area contributed by atoms with Crippen LogP contribution in [0.25, 0.3) is 0 Å². The number of esters is 1. The second-order valence-electron chi connectivity index (χ2n) is 3.56. The molecule has 0 saturated carbocycles. The highest BCUT2D eigenvalue weighted by Gasteiger charge is 2.04. The van der Waals surface area contributed by atoms with E-state index in [0.29, 0.717) is 12.5 Å². The van der Waals surface area contributed by atoms with Crippen LogP contribution in [-0.2, 0) is 9.53 Å². The van der Waals surface area contributed by atoms with Crippen LogP contribution in [0.4, 0.5) is 0 Å². The molecule has 0 heterocycles. The van der Waals surface area contributed by atoms with E-state index in [1.54, 1.807) is 0 Å². The molecule has 0 amide bonds. The number of nitrogens with one attached hydrogen (secondary N) is 1. The van der Waals surface area contributed by atoms with Crippen LogP contribution >= 0.6 is 0 Å². The molecule has 0 unspecified atom stereocenters. The molecule has 12 heavy (non-hydrogen) atoms. The number of hydrogen-bond acceptors (Lipinski definition) is 3. The van der Waals surface area contributed by atoms with Gasteiger partial charge in [0.15, 0.2) is 0 Å². The van der Waals surface area contributed by atoms with Gasteiger partial charge in [-0.05, 0) is 26.3 Å². The maximum atomic E-state index is 11.0. The largest absolute Gasteiger partial charge is 0.462 e. The fourth-order valence-corrected chi connectivity index (χ4v) is 0.767. The first-order valence-electron chi connectivity index (χ1n) is 4.42. The number of ether oxygens (including phenoxy) is 1. The molecule has 0 fully saturated rings. The third-order valence-corrected chi connectivity index (χ3v) is 1.19. The second-order valence-corrected chi connectivity index (χ2v) is 3.56. The number of carbonyl (C=O) groups is 1. The van der Waals surface area contributed by atoms with Crippen molar-refractivity contribution in [3.8, 4) is 0 Å². The van der Waals surface area contributed by atoms with Crippen LogP contribution in [0.2, 0.25) is 0 Å². The minimum absolute atomic E-state index is 0.0154. The first-order valence-corrected chi connectivity index (χ1v) is 4.42. The number of carbonyl (C=O) groups excluding carboxylic acids is 1. The van der Waals surface area contributed by atoms with Gasteiger partial charge in [0, 0.05) is 0 Å². The summed E-state index contributed by atoms with van der Waals surface area (Å²) >= 11 is 0. The molecule has 0 bridgehead atoms. The van der Waals surface area contributed by atoms with Gasteiger partial charge in [0.2, 0.25) is 0 Å². The average molecular weight is 173 g/mol. The van der Waals surface area contributed by atoms with Crippen LogP contribution in [0.1, 0.15) is 27.7 Å². The van der Waals surface area contributed by atoms with Gasteiger partial charge in [-0.25, -0.2) is 0 Å². The van der Waals surface area contributed by atoms with Crippen molar-refractivity contribution in [1.82, 2.24) is 5.32 Å². The molecule has 0 aliphatic rings. The van der Waals surface area contributed by atoms with Gasteiger partial charge in [0.25, 0.3) is 0 Å². The molecule has 0 aromatic heterocycles. The second kappa shape index (κ2) is 6.00. The van der Waals surface area contributed by atoms with Crippen LogP contribution in [-0.4, -0.2) is 25.2 Å². The summed E-state index contributed by atoms with van der Waals surface area (Å²) in [5.41, 5.74) is 0. The molecule has 1 N–H and O–H groups in total. The lowest BCUT2D eigenvalue weighted by atomic mass is 10.2. The van der Waals surface area contributed by atoms with Crippen molar-refractivity contribution in [3.05, 3.63) is 0 Å². The zero-order chi connectivity index (χ0) is 9.56. The lowest BCUT2D eigenvalue weighted by molar-refractivity contribution is -0.146. The summed E-state index contributed by atoms with van der Waals surface area (Å²) in [5.74, 6) is 0.391. The van der Waals surface area contributed by atoms with Gasteiger partial charge in [-0.1, -0.05) is 13.8 Å². The molecule has 0 rings (SSSR count). The SMILES string of the molecule is CC(C)CNCC(=O)OC(C)C. The predicted molar refractivity (Wildman–Crippen MR) is 48.9 cm³/mol. The molecule has 0 aliphatic carbocycles. The Hall–Kier alpha value is -0.570. The maximum Gasteiger partial charge on any atom is 0.320 e. The number of rotatable bonds is 5. The third kappa shape index (κ3) is 7.54. The fourth-order valence-electron chi connectivity index (χ4n) is 0.767. The van der Waals surface area contributed by atoms with Crippen LogP contribution in [0.3, 0.4) is 0 Å². The summed E-state index contributed by atoms with van der Waals surface area (Å²) < 4.78 is 4.93. The smallest absolute Gasteiger partial charge is 0.320 e. The van der Waals surface area contributed by atoms with E-state index in [9.17, 15) is 4.79 Å². The molecule has 0 radical (unpaired) electrons. The zero-order valence-electron chi connectivity index (χ0n) is 8.39. The molecule has 0 saturated heterocycles. The summed E-state index contributed by atoms with van der Waals surface area (Å²) in [5, 5.41) is 3.02. The van der Waals surface area contributed by atoms with Gasteiger partial charge in [0.1, 0.15) is 0 Å². The molecule has 72 valence electrons. The monoisotopic (exact) mass is 173 g/mol. The Balaban J connectivity index is 3.32. The molecule has 0 aliphatic heterocycles. The fraction of sp³-hybridized carbons (Fsp3) is 0.889. The average Bonchev–Trinajstić information content (AvgIpc) is 1.84. The van der Waals surface area contributed by atoms with Crippen molar-refractivity contribution in [1.29, 1.82) is 0 Å². The third-order valence-electron chi connectivity index (χ3n) is 1.19. The standard InChI is InChI=1S/C9H19NO2/c1-7(2)5-10-6-9(11)12-8(3)4/h7-8,10H,5-6H2,1-4H3. The van der Waals surface area contributed by atoms with Crippen molar-refractivity contribution in [2.24, 2.45) is 5.92 Å². The lowest BCUT2D eigenvalue weighted by Crippen LogP contribution is -2.29. The van der Waals surface area contributed by atoms with Gasteiger partial charge in [-0.2, -0.15) is 0 Å². The first kappa shape index (κ1) is 11.4. The molecule has 0 aromatic carbocycles. The summed E-state index contributed by atoms with van der Waals surface area (Å²) in [6, 6.07) is 0.